The molecule has 0 saturated heterocycles. The summed E-state index contributed by atoms with van der Waals surface area (Å²) in [5, 5.41) is 0. The van der Waals surface area contributed by atoms with E-state index in [-0.39, 0.29) is 58.9 Å². The monoisotopic (exact) mass is 412 g/mol. The van der Waals surface area contributed by atoms with Crippen molar-refractivity contribution in [1.29, 1.82) is 0 Å². The third-order valence-corrected chi connectivity index (χ3v) is 3.95. The molecule has 1 aliphatic rings. The van der Waals surface area contributed by atoms with E-state index in [1.54, 1.807) is 0 Å². The Morgan fingerprint density at radius 3 is 1.71 bits per heavy atom. The zero-order valence-corrected chi connectivity index (χ0v) is 17.3. The summed E-state index contributed by atoms with van der Waals surface area (Å²) in [6.07, 6.45) is 7.69. The quantitative estimate of drug-likeness (QED) is 0.358. The Bertz CT molecular complexity index is 597. The molecule has 4 heteroatoms. The van der Waals surface area contributed by atoms with Gasteiger partial charge in [0.2, 0.25) is 0 Å². The number of hydrogen-bond donors (Lipinski definition) is 0. The third-order valence-electron chi connectivity index (χ3n) is 3.95. The summed E-state index contributed by atoms with van der Waals surface area (Å²) in [6.45, 7) is 2.22. The number of allylic oxidation sites excluding steroid dienone is 4. The Kier molecular flexibility index (Phi) is 13.7. The molecule has 0 spiro atoms. The maximum atomic E-state index is 3.43. The molecule has 0 radical (unpaired) electrons. The Morgan fingerprint density at radius 2 is 1.29 bits per heavy atom. The second kappa shape index (κ2) is 12.8. The van der Waals surface area contributed by atoms with Crippen molar-refractivity contribution in [2.45, 2.75) is 25.7 Å². The van der Waals surface area contributed by atoms with Crippen LogP contribution < -0.4 is 37.2 Å². The van der Waals surface area contributed by atoms with Gasteiger partial charge in [-0.15, -0.1) is 0 Å². The molecule has 0 aromatic heterocycles. The van der Waals surface area contributed by atoms with Crippen molar-refractivity contribution >= 4 is 0 Å². The van der Waals surface area contributed by atoms with Crippen LogP contribution in [0.25, 0.3) is 0 Å². The van der Waals surface area contributed by atoms with E-state index in [4.69, 9.17) is 0 Å². The van der Waals surface area contributed by atoms with Gasteiger partial charge >= 0.3 is 21.7 Å². The predicted molar refractivity (Wildman–Crippen MR) is 84.5 cm³/mol. The summed E-state index contributed by atoms with van der Waals surface area (Å²) in [5.41, 5.74) is 5.63. The van der Waals surface area contributed by atoms with Crippen LogP contribution in [0.2, 0.25) is 0 Å². The molecule has 0 saturated carbocycles. The van der Waals surface area contributed by atoms with Crippen LogP contribution in [0, 0.1) is 6.08 Å². The first-order valence-electron chi connectivity index (χ1n) is 7.30. The minimum absolute atomic E-state index is 0. The molecule has 2 aromatic rings. The van der Waals surface area contributed by atoms with Crippen molar-refractivity contribution in [2.24, 2.45) is 0 Å². The maximum absolute atomic E-state index is 3.43. The van der Waals surface area contributed by atoms with Gasteiger partial charge in [0.05, 0.1) is 0 Å². The van der Waals surface area contributed by atoms with Gasteiger partial charge in [-0.05, 0) is 5.92 Å². The largest absolute Gasteiger partial charge is 4.00 e. The molecule has 0 aliphatic heterocycles. The van der Waals surface area contributed by atoms with Crippen LogP contribution in [0.5, 0.6) is 0 Å². The molecule has 0 fully saturated rings. The fourth-order valence-corrected chi connectivity index (χ4v) is 3.01. The molecule has 0 N–H and O–H groups in total. The third kappa shape index (κ3) is 5.79. The zero-order valence-electron chi connectivity index (χ0n) is 13.5. The fraction of sp³-hybridized carbons (Fsp3) is 0.200. The average Bonchev–Trinajstić information content (AvgIpc) is 2.98. The van der Waals surface area contributed by atoms with Crippen molar-refractivity contribution in [2.75, 3.05) is 0 Å². The van der Waals surface area contributed by atoms with Gasteiger partial charge in [-0.25, -0.2) is 5.57 Å². The molecule has 0 amide bonds. The second-order valence-corrected chi connectivity index (χ2v) is 5.16. The van der Waals surface area contributed by atoms with Crippen LogP contribution >= 0.6 is 0 Å². The number of halogens is 3. The van der Waals surface area contributed by atoms with Gasteiger partial charge in [-0.2, -0.15) is 11.6 Å². The normalized spacial score (nSPS) is 11.9. The maximum Gasteiger partial charge on any atom is 4.00 e. The summed E-state index contributed by atoms with van der Waals surface area (Å²) in [6, 6.07) is 21.6. The predicted octanol–water partition coefficient (Wildman–Crippen LogP) is -3.70. The molecular formula is C20H19Cl3Ti. The van der Waals surface area contributed by atoms with Crippen LogP contribution in [-0.2, 0) is 21.7 Å². The summed E-state index contributed by atoms with van der Waals surface area (Å²) < 4.78 is 0. The first kappa shape index (κ1) is 25.7. The Balaban J connectivity index is 0. The van der Waals surface area contributed by atoms with E-state index in [0.29, 0.717) is 5.92 Å². The van der Waals surface area contributed by atoms with E-state index >= 15 is 0 Å². The van der Waals surface area contributed by atoms with Crippen LogP contribution in [0.4, 0.5) is 0 Å². The first-order chi connectivity index (χ1) is 9.90. The van der Waals surface area contributed by atoms with E-state index in [0.717, 1.165) is 12.8 Å². The summed E-state index contributed by atoms with van der Waals surface area (Å²) >= 11 is 0. The molecule has 0 unspecified atom stereocenters. The molecular weight excluding hydrogens is 394 g/mol. The number of benzene rings is 2. The Labute approximate surface area is 178 Å². The van der Waals surface area contributed by atoms with Crippen LogP contribution in [-0.4, -0.2) is 0 Å². The minimum Gasteiger partial charge on any atom is -1.00 e. The minimum atomic E-state index is 0. The van der Waals surface area contributed by atoms with Crippen molar-refractivity contribution in [1.82, 2.24) is 0 Å². The van der Waals surface area contributed by atoms with Crippen molar-refractivity contribution < 1.29 is 58.9 Å². The van der Waals surface area contributed by atoms with E-state index in [1.165, 1.54) is 22.3 Å². The Hall–Kier alpha value is -0.496. The van der Waals surface area contributed by atoms with Crippen molar-refractivity contribution in [3.63, 3.8) is 0 Å². The molecule has 124 valence electrons. The SMILES string of the molecule is CCC1=C(C(c2ccccc2)c2ccccc2)CC=[C-]1.[Cl-].[Cl-].[Cl-].[Ti+4]. The summed E-state index contributed by atoms with van der Waals surface area (Å²) in [5.74, 6) is 0.360. The van der Waals surface area contributed by atoms with E-state index in [2.05, 4.69) is 79.7 Å². The van der Waals surface area contributed by atoms with Crippen LogP contribution in [0.15, 0.2) is 77.9 Å². The average molecular weight is 414 g/mol. The molecule has 0 heterocycles. The molecule has 3 rings (SSSR count). The van der Waals surface area contributed by atoms with Gasteiger partial charge in [-0.1, -0.05) is 91.6 Å². The van der Waals surface area contributed by atoms with E-state index in [1.807, 2.05) is 0 Å². The van der Waals surface area contributed by atoms with Crippen molar-refractivity contribution in [3.8, 4) is 0 Å². The molecule has 0 bridgehead atoms. The Morgan fingerprint density at radius 1 is 0.833 bits per heavy atom. The van der Waals surface area contributed by atoms with E-state index in [9.17, 15) is 0 Å². The van der Waals surface area contributed by atoms with E-state index < -0.39 is 0 Å². The summed E-state index contributed by atoms with van der Waals surface area (Å²) in [7, 11) is 0. The zero-order chi connectivity index (χ0) is 13.8. The van der Waals surface area contributed by atoms with Crippen LogP contribution in [0.1, 0.15) is 36.8 Å². The van der Waals surface area contributed by atoms with Crippen LogP contribution in [0.3, 0.4) is 0 Å². The topological polar surface area (TPSA) is 0 Å². The van der Waals surface area contributed by atoms with Gasteiger partial charge in [0.25, 0.3) is 0 Å². The first-order valence-corrected chi connectivity index (χ1v) is 7.30. The summed E-state index contributed by atoms with van der Waals surface area (Å²) in [4.78, 5) is 0. The molecule has 1 aliphatic carbocycles. The van der Waals surface area contributed by atoms with Gasteiger partial charge in [-0.3, -0.25) is 6.08 Å². The number of rotatable bonds is 4. The molecule has 0 atom stereocenters. The van der Waals surface area contributed by atoms with Crippen molar-refractivity contribution in [3.05, 3.63) is 95.1 Å². The smallest absolute Gasteiger partial charge is 1.00 e. The second-order valence-electron chi connectivity index (χ2n) is 5.16. The molecule has 24 heavy (non-hydrogen) atoms. The fourth-order valence-electron chi connectivity index (χ4n) is 3.01. The molecule has 2 aromatic carbocycles. The standard InChI is InChI=1S/C20H19.3ClH.Ti/c1-2-16-14-9-15-19(16)20(17-10-5-3-6-11-17)18-12-7-4-8-13-18;;;;/h3-13,20H,2,15H2,1H3;3*1H;/q-1;;;;+4/p-3. The number of hydrogen-bond acceptors (Lipinski definition) is 0. The van der Waals surface area contributed by atoms with Gasteiger partial charge in [0, 0.05) is 0 Å². The van der Waals surface area contributed by atoms with Gasteiger partial charge < -0.3 is 37.2 Å². The van der Waals surface area contributed by atoms with Gasteiger partial charge in [0.15, 0.2) is 0 Å². The van der Waals surface area contributed by atoms with Gasteiger partial charge in [0.1, 0.15) is 0 Å². The molecule has 0 nitrogen and oxygen atoms in total.